The monoisotopic (exact) mass is 557 g/mol. The van der Waals surface area contributed by atoms with Crippen LogP contribution in [0, 0.1) is 41.5 Å². The Bertz CT molecular complexity index is 1750. The van der Waals surface area contributed by atoms with Crippen LogP contribution in [0.25, 0.3) is 43.6 Å². The van der Waals surface area contributed by atoms with E-state index in [-0.39, 0.29) is 0 Å². The molecule has 0 aliphatic carbocycles. The van der Waals surface area contributed by atoms with Gasteiger partial charge in [0.1, 0.15) is 17.0 Å². The quantitative estimate of drug-likeness (QED) is 0.212. The van der Waals surface area contributed by atoms with E-state index in [1.54, 1.807) is 0 Å². The van der Waals surface area contributed by atoms with Crippen LogP contribution in [0.5, 0.6) is 0 Å². The van der Waals surface area contributed by atoms with Crippen molar-refractivity contribution in [1.82, 2.24) is 5.16 Å². The van der Waals surface area contributed by atoms with Gasteiger partial charge in [-0.1, -0.05) is 94.1 Å². The van der Waals surface area contributed by atoms with Crippen LogP contribution < -0.4 is 0 Å². The summed E-state index contributed by atoms with van der Waals surface area (Å²) in [6.07, 6.45) is 0. The van der Waals surface area contributed by atoms with Gasteiger partial charge < -0.3 is 8.94 Å². The van der Waals surface area contributed by atoms with E-state index in [0.29, 0.717) is 0 Å². The van der Waals surface area contributed by atoms with Crippen LogP contribution in [-0.4, -0.2) is 5.16 Å². The third-order valence-corrected chi connectivity index (χ3v) is 7.82. The van der Waals surface area contributed by atoms with Crippen molar-refractivity contribution in [2.45, 2.75) is 41.5 Å². The van der Waals surface area contributed by atoms with E-state index in [4.69, 9.17) is 8.94 Å². The molecule has 3 nitrogen and oxygen atoms in total. The van der Waals surface area contributed by atoms with E-state index in [1.807, 2.05) is 30.4 Å². The molecule has 0 amide bonds. The maximum Gasteiger partial charge on any atom is 0.167 e. The lowest BCUT2D eigenvalue weighted by Crippen LogP contribution is -1.77. The lowest BCUT2D eigenvalue weighted by molar-refractivity contribution is 0.435. The first kappa shape index (κ1) is 28.1. The average Bonchev–Trinajstić information content (AvgIpc) is 3.67. The Morgan fingerprint density at radius 2 is 1.12 bits per heavy atom. The molecule has 0 fully saturated rings. The molecular formula is C37H35NO2S. The Morgan fingerprint density at radius 3 is 1.80 bits per heavy atom. The highest BCUT2D eigenvalue weighted by molar-refractivity contribution is 7.19. The van der Waals surface area contributed by atoms with Crippen molar-refractivity contribution in [1.29, 1.82) is 0 Å². The molecule has 4 heteroatoms. The Balaban J connectivity index is 0.000000132. The van der Waals surface area contributed by atoms with Crippen LogP contribution >= 0.6 is 11.3 Å². The van der Waals surface area contributed by atoms with Crippen molar-refractivity contribution >= 4 is 32.4 Å². The van der Waals surface area contributed by atoms with Gasteiger partial charge in [0.25, 0.3) is 0 Å². The fourth-order valence-corrected chi connectivity index (χ4v) is 5.49. The van der Waals surface area contributed by atoms with Crippen molar-refractivity contribution < 1.29 is 8.94 Å². The second-order valence-electron chi connectivity index (χ2n) is 10.6. The van der Waals surface area contributed by atoms with Gasteiger partial charge in [-0.3, -0.25) is 0 Å². The Kier molecular flexibility index (Phi) is 8.51. The Morgan fingerprint density at radius 1 is 0.537 bits per heavy atom. The standard InChI is InChI=1S/C17H15NO.C10H10O.C10H10S/c1-12-3-7-14(8-4-12)16-11-17(19-18-16)15-9-5-13(2)6-10-15;2*1-7-3-4-10-9(5-7)6-8(2)11-10/h3-11H,1-2H3;2*3-6H,1-2H3. The number of aryl methyl sites for hydroxylation is 6. The number of hydrogen-bond donors (Lipinski definition) is 0. The lowest BCUT2D eigenvalue weighted by Gasteiger charge is -1.96. The summed E-state index contributed by atoms with van der Waals surface area (Å²) in [7, 11) is 0. The second-order valence-corrected chi connectivity index (χ2v) is 11.9. The summed E-state index contributed by atoms with van der Waals surface area (Å²) < 4.78 is 12.2. The van der Waals surface area contributed by atoms with Crippen LogP contribution in [0.2, 0.25) is 0 Å². The minimum Gasteiger partial charge on any atom is -0.461 e. The van der Waals surface area contributed by atoms with E-state index in [9.17, 15) is 0 Å². The molecule has 41 heavy (non-hydrogen) atoms. The molecule has 7 aromatic rings. The van der Waals surface area contributed by atoms with Gasteiger partial charge in [-0.05, 0) is 77.3 Å². The molecule has 0 bridgehead atoms. The van der Waals surface area contributed by atoms with E-state index in [0.717, 1.165) is 33.9 Å². The highest BCUT2D eigenvalue weighted by Crippen LogP contribution is 2.27. The molecule has 0 atom stereocenters. The number of nitrogens with zero attached hydrogens (tertiary/aromatic N) is 1. The van der Waals surface area contributed by atoms with Gasteiger partial charge in [-0.15, -0.1) is 11.3 Å². The maximum atomic E-state index is 5.43. The average molecular weight is 558 g/mol. The normalized spacial score (nSPS) is 10.7. The molecule has 0 saturated carbocycles. The van der Waals surface area contributed by atoms with Crippen molar-refractivity contribution in [3.05, 3.63) is 136 Å². The summed E-state index contributed by atoms with van der Waals surface area (Å²) in [4.78, 5) is 1.39. The molecule has 0 unspecified atom stereocenters. The fourth-order valence-electron chi connectivity index (χ4n) is 4.58. The smallest absolute Gasteiger partial charge is 0.167 e. The number of furan rings is 1. The number of thiophene rings is 1. The van der Waals surface area contributed by atoms with Gasteiger partial charge in [-0.25, -0.2) is 0 Å². The number of rotatable bonds is 2. The predicted molar refractivity (Wildman–Crippen MR) is 174 cm³/mol. The third kappa shape index (κ3) is 7.22. The van der Waals surface area contributed by atoms with Gasteiger partial charge in [0, 0.05) is 32.2 Å². The molecule has 4 aromatic carbocycles. The fraction of sp³-hybridized carbons (Fsp3) is 0.162. The van der Waals surface area contributed by atoms with Gasteiger partial charge in [0.05, 0.1) is 0 Å². The minimum atomic E-state index is 0.801. The number of benzene rings is 4. The summed E-state index contributed by atoms with van der Waals surface area (Å²) in [5, 5.41) is 6.72. The van der Waals surface area contributed by atoms with E-state index < -0.39 is 0 Å². The van der Waals surface area contributed by atoms with E-state index in [2.05, 4.69) is 131 Å². The molecule has 0 aliphatic heterocycles. The number of aromatic nitrogens is 1. The number of hydrogen-bond acceptors (Lipinski definition) is 4. The van der Waals surface area contributed by atoms with Crippen LogP contribution in [0.1, 0.15) is 32.9 Å². The third-order valence-electron chi connectivity index (χ3n) is 6.78. The zero-order chi connectivity index (χ0) is 28.9. The molecule has 206 valence electrons. The van der Waals surface area contributed by atoms with Gasteiger partial charge in [0.15, 0.2) is 5.76 Å². The molecule has 0 spiro atoms. The van der Waals surface area contributed by atoms with Crippen LogP contribution in [0.4, 0.5) is 0 Å². The summed E-state index contributed by atoms with van der Waals surface area (Å²) >= 11 is 1.86. The molecular weight excluding hydrogens is 522 g/mol. The highest BCUT2D eigenvalue weighted by Gasteiger charge is 2.08. The summed E-state index contributed by atoms with van der Waals surface area (Å²) in [6, 6.07) is 35.6. The van der Waals surface area contributed by atoms with Crippen LogP contribution in [0.15, 0.2) is 112 Å². The molecule has 0 saturated heterocycles. The maximum absolute atomic E-state index is 5.43. The molecule has 7 rings (SSSR count). The van der Waals surface area contributed by atoms with Crippen LogP contribution in [0.3, 0.4) is 0 Å². The first-order chi connectivity index (χ1) is 19.7. The largest absolute Gasteiger partial charge is 0.461 e. The second kappa shape index (κ2) is 12.4. The van der Waals surface area contributed by atoms with E-state index in [1.165, 1.54) is 42.6 Å². The van der Waals surface area contributed by atoms with Gasteiger partial charge >= 0.3 is 0 Å². The van der Waals surface area contributed by atoms with Crippen molar-refractivity contribution in [2.75, 3.05) is 0 Å². The highest BCUT2D eigenvalue weighted by atomic mass is 32.1. The van der Waals surface area contributed by atoms with Crippen molar-refractivity contribution in [3.63, 3.8) is 0 Å². The first-order valence-electron chi connectivity index (χ1n) is 13.8. The minimum absolute atomic E-state index is 0.801. The molecule has 0 aliphatic rings. The van der Waals surface area contributed by atoms with E-state index >= 15 is 0 Å². The van der Waals surface area contributed by atoms with Crippen LogP contribution in [-0.2, 0) is 0 Å². The lowest BCUT2D eigenvalue weighted by atomic mass is 10.1. The first-order valence-corrected chi connectivity index (χ1v) is 14.6. The topological polar surface area (TPSA) is 39.2 Å². The van der Waals surface area contributed by atoms with Crippen molar-refractivity contribution in [2.24, 2.45) is 0 Å². The SMILES string of the molecule is Cc1ccc(-c2cc(-c3ccc(C)cc3)on2)cc1.Cc1ccc2oc(C)cc2c1.Cc1ccc2sc(C)cc2c1. The summed E-state index contributed by atoms with van der Waals surface area (Å²) in [6.45, 7) is 12.5. The zero-order valence-electron chi connectivity index (χ0n) is 24.5. The van der Waals surface area contributed by atoms with Gasteiger partial charge in [0.2, 0.25) is 0 Å². The van der Waals surface area contributed by atoms with Gasteiger partial charge in [-0.2, -0.15) is 0 Å². The summed E-state index contributed by atoms with van der Waals surface area (Å²) in [5.74, 6) is 1.78. The molecule has 0 radical (unpaired) electrons. The number of fused-ring (bicyclic) bond motifs is 2. The summed E-state index contributed by atoms with van der Waals surface area (Å²) in [5.41, 5.74) is 9.08. The Hall–Kier alpha value is -4.41. The zero-order valence-corrected chi connectivity index (χ0v) is 25.3. The molecule has 3 aromatic heterocycles. The predicted octanol–water partition coefficient (Wildman–Crippen LogP) is 11.2. The van der Waals surface area contributed by atoms with Crippen molar-refractivity contribution in [3.8, 4) is 22.6 Å². The molecule has 0 N–H and O–H groups in total. The Labute approximate surface area is 246 Å². The molecule has 3 heterocycles.